The summed E-state index contributed by atoms with van der Waals surface area (Å²) in [6.45, 7) is 0. The highest BCUT2D eigenvalue weighted by molar-refractivity contribution is 5.65. The van der Waals surface area contributed by atoms with Crippen molar-refractivity contribution in [1.82, 2.24) is 20.2 Å². The van der Waals surface area contributed by atoms with Crippen LogP contribution in [0.3, 0.4) is 0 Å². The van der Waals surface area contributed by atoms with Gasteiger partial charge >= 0.3 is 0 Å². The molecule has 0 saturated heterocycles. The summed E-state index contributed by atoms with van der Waals surface area (Å²) in [4.78, 5) is 8.55. The molecule has 0 radical (unpaired) electrons. The molecule has 0 saturated carbocycles. The summed E-state index contributed by atoms with van der Waals surface area (Å²) in [5.41, 5.74) is 4.07. The molecule has 0 atom stereocenters. The molecule has 4 rings (SSSR count). The third kappa shape index (κ3) is 2.04. The largest absolute Gasteiger partial charge is 0.281 e. The number of nitrogens with zero attached hydrogens (tertiary/aromatic N) is 4. The first-order valence-corrected chi connectivity index (χ1v) is 7.31. The zero-order valence-electron chi connectivity index (χ0n) is 12.3. The molecule has 0 spiro atoms. The SMILES string of the molecule is N#Cc1n[nH]c2c1C=CC(c1cccnc1)(c1cccnc1)C2. The van der Waals surface area contributed by atoms with Crippen molar-refractivity contribution in [3.8, 4) is 6.07 Å². The van der Waals surface area contributed by atoms with E-state index in [0.717, 1.165) is 22.4 Å². The normalized spacial score (nSPS) is 14.9. The molecule has 0 bridgehead atoms. The topological polar surface area (TPSA) is 78.2 Å². The van der Waals surface area contributed by atoms with Crippen LogP contribution in [0, 0.1) is 11.3 Å². The maximum atomic E-state index is 9.16. The Morgan fingerprint density at radius 3 is 2.35 bits per heavy atom. The number of H-pyrrole nitrogens is 1. The molecule has 3 heterocycles. The van der Waals surface area contributed by atoms with Gasteiger partial charge in [0.2, 0.25) is 0 Å². The molecule has 0 unspecified atom stereocenters. The number of aromatic amines is 1. The van der Waals surface area contributed by atoms with Crippen molar-refractivity contribution in [2.24, 2.45) is 0 Å². The van der Waals surface area contributed by atoms with E-state index in [1.54, 1.807) is 12.4 Å². The molecule has 0 aromatic carbocycles. The van der Waals surface area contributed by atoms with Crippen molar-refractivity contribution in [3.05, 3.63) is 83.2 Å². The second-order valence-electron chi connectivity index (χ2n) is 5.54. The van der Waals surface area contributed by atoms with Gasteiger partial charge in [-0.1, -0.05) is 24.3 Å². The quantitative estimate of drug-likeness (QED) is 0.789. The van der Waals surface area contributed by atoms with Gasteiger partial charge in [-0.2, -0.15) is 10.4 Å². The highest BCUT2D eigenvalue weighted by atomic mass is 15.1. The monoisotopic (exact) mass is 299 g/mol. The van der Waals surface area contributed by atoms with E-state index in [2.05, 4.69) is 44.4 Å². The van der Waals surface area contributed by atoms with Gasteiger partial charge in [0, 0.05) is 47.9 Å². The van der Waals surface area contributed by atoms with E-state index < -0.39 is 0 Å². The highest BCUT2D eigenvalue weighted by Crippen LogP contribution is 2.40. The highest BCUT2D eigenvalue weighted by Gasteiger charge is 2.36. The summed E-state index contributed by atoms with van der Waals surface area (Å²) in [5, 5.41) is 16.3. The number of hydrogen-bond donors (Lipinski definition) is 1. The predicted octanol–water partition coefficient (Wildman–Crippen LogP) is 2.63. The molecule has 5 heteroatoms. The first-order chi connectivity index (χ1) is 11.3. The van der Waals surface area contributed by atoms with Crippen molar-refractivity contribution in [2.45, 2.75) is 11.8 Å². The van der Waals surface area contributed by atoms with Crippen LogP contribution in [0.5, 0.6) is 0 Å². The Hall–Kier alpha value is -3.26. The van der Waals surface area contributed by atoms with Crippen LogP contribution in [0.25, 0.3) is 6.08 Å². The van der Waals surface area contributed by atoms with Crippen molar-refractivity contribution in [2.75, 3.05) is 0 Å². The predicted molar refractivity (Wildman–Crippen MR) is 85.3 cm³/mol. The van der Waals surface area contributed by atoms with Crippen LogP contribution in [0.4, 0.5) is 0 Å². The van der Waals surface area contributed by atoms with Crippen LogP contribution < -0.4 is 0 Å². The van der Waals surface area contributed by atoms with Gasteiger partial charge in [-0.15, -0.1) is 0 Å². The van der Waals surface area contributed by atoms with Gasteiger partial charge in [0.1, 0.15) is 6.07 Å². The Bertz CT molecular complexity index is 864. The lowest BCUT2D eigenvalue weighted by atomic mass is 9.69. The van der Waals surface area contributed by atoms with Crippen LogP contribution >= 0.6 is 0 Å². The Morgan fingerprint density at radius 2 is 1.78 bits per heavy atom. The van der Waals surface area contributed by atoms with Crippen molar-refractivity contribution >= 4 is 6.08 Å². The second-order valence-corrected chi connectivity index (χ2v) is 5.54. The Morgan fingerprint density at radius 1 is 1.09 bits per heavy atom. The zero-order valence-corrected chi connectivity index (χ0v) is 12.3. The first kappa shape index (κ1) is 13.4. The van der Waals surface area contributed by atoms with E-state index in [1.165, 1.54) is 0 Å². The minimum Gasteiger partial charge on any atom is -0.281 e. The first-order valence-electron chi connectivity index (χ1n) is 7.31. The zero-order chi connectivity index (χ0) is 15.7. The number of pyridine rings is 2. The number of hydrogen-bond acceptors (Lipinski definition) is 4. The Labute approximate surface area is 133 Å². The van der Waals surface area contributed by atoms with E-state index in [1.807, 2.05) is 30.6 Å². The summed E-state index contributed by atoms with van der Waals surface area (Å²) < 4.78 is 0. The molecular formula is C18H13N5. The third-order valence-electron chi connectivity index (χ3n) is 4.33. The lowest BCUT2D eigenvalue weighted by Gasteiger charge is -2.33. The minimum atomic E-state index is -0.366. The number of aromatic nitrogens is 4. The molecule has 0 fully saturated rings. The van der Waals surface area contributed by atoms with Crippen LogP contribution in [0.2, 0.25) is 0 Å². The summed E-state index contributed by atoms with van der Waals surface area (Å²) in [7, 11) is 0. The van der Waals surface area contributed by atoms with Gasteiger partial charge in [-0.25, -0.2) is 0 Å². The van der Waals surface area contributed by atoms with E-state index in [9.17, 15) is 0 Å². The van der Waals surface area contributed by atoms with Crippen LogP contribution in [0.1, 0.15) is 28.1 Å². The average Bonchev–Trinajstić information content (AvgIpc) is 3.05. The van der Waals surface area contributed by atoms with E-state index in [0.29, 0.717) is 12.1 Å². The molecule has 1 aliphatic carbocycles. The standard InChI is InChI=1S/C18H13N5/c19-10-17-15-5-6-18(9-16(15)22-23-17,13-3-1-7-20-11-13)14-4-2-8-21-12-14/h1-8,11-12H,9H2,(H,22,23). The summed E-state index contributed by atoms with van der Waals surface area (Å²) >= 11 is 0. The molecule has 3 aromatic heterocycles. The Kier molecular flexibility index (Phi) is 3.02. The molecule has 5 nitrogen and oxygen atoms in total. The molecule has 23 heavy (non-hydrogen) atoms. The maximum absolute atomic E-state index is 9.16. The average molecular weight is 299 g/mol. The minimum absolute atomic E-state index is 0.366. The number of nitriles is 1. The van der Waals surface area contributed by atoms with Crippen LogP contribution in [-0.4, -0.2) is 20.2 Å². The second kappa shape index (κ2) is 5.18. The fourth-order valence-corrected chi connectivity index (χ4v) is 3.17. The molecule has 1 N–H and O–H groups in total. The van der Waals surface area contributed by atoms with Gasteiger partial charge in [0.25, 0.3) is 0 Å². The summed E-state index contributed by atoms with van der Waals surface area (Å²) in [6, 6.07) is 10.1. The van der Waals surface area contributed by atoms with Gasteiger partial charge < -0.3 is 0 Å². The van der Waals surface area contributed by atoms with Crippen LogP contribution in [0.15, 0.2) is 55.1 Å². The van der Waals surface area contributed by atoms with Gasteiger partial charge in [-0.05, 0) is 23.3 Å². The van der Waals surface area contributed by atoms with E-state index in [4.69, 9.17) is 5.26 Å². The lowest BCUT2D eigenvalue weighted by molar-refractivity contribution is 0.615. The van der Waals surface area contributed by atoms with E-state index in [-0.39, 0.29) is 5.41 Å². The molecule has 0 aliphatic heterocycles. The molecular weight excluding hydrogens is 286 g/mol. The summed E-state index contributed by atoms with van der Waals surface area (Å²) in [5.74, 6) is 0. The third-order valence-corrected chi connectivity index (χ3v) is 4.33. The van der Waals surface area contributed by atoms with Gasteiger partial charge in [0.05, 0.1) is 0 Å². The smallest absolute Gasteiger partial charge is 0.169 e. The van der Waals surface area contributed by atoms with Crippen molar-refractivity contribution in [1.29, 1.82) is 5.26 Å². The molecule has 1 aliphatic rings. The molecule has 110 valence electrons. The van der Waals surface area contributed by atoms with Gasteiger partial charge in [-0.3, -0.25) is 15.1 Å². The van der Waals surface area contributed by atoms with Crippen molar-refractivity contribution < 1.29 is 0 Å². The van der Waals surface area contributed by atoms with Gasteiger partial charge in [0.15, 0.2) is 5.69 Å². The number of nitrogens with one attached hydrogen (secondary N) is 1. The number of fused-ring (bicyclic) bond motifs is 1. The van der Waals surface area contributed by atoms with Crippen LogP contribution in [-0.2, 0) is 11.8 Å². The fourth-order valence-electron chi connectivity index (χ4n) is 3.17. The number of allylic oxidation sites excluding steroid dienone is 1. The van der Waals surface area contributed by atoms with Crippen molar-refractivity contribution in [3.63, 3.8) is 0 Å². The maximum Gasteiger partial charge on any atom is 0.169 e. The van der Waals surface area contributed by atoms with E-state index >= 15 is 0 Å². The Balaban J connectivity index is 1.92. The molecule has 3 aromatic rings. The number of rotatable bonds is 2. The fraction of sp³-hybridized carbons (Fsp3) is 0.111. The molecule has 0 amide bonds. The summed E-state index contributed by atoms with van der Waals surface area (Å²) in [6.07, 6.45) is 12.1. The lowest BCUT2D eigenvalue weighted by Crippen LogP contribution is -2.30.